The Morgan fingerprint density at radius 1 is 1.05 bits per heavy atom. The van der Waals surface area contributed by atoms with Gasteiger partial charge < -0.3 is 11.1 Å². The van der Waals surface area contributed by atoms with E-state index in [4.69, 9.17) is 5.73 Å². The summed E-state index contributed by atoms with van der Waals surface area (Å²) < 4.78 is 0. The fraction of sp³-hybridized carbons (Fsp3) is 0.188. The van der Waals surface area contributed by atoms with E-state index in [0.717, 1.165) is 0 Å². The van der Waals surface area contributed by atoms with Crippen LogP contribution in [0.1, 0.15) is 21.5 Å². The van der Waals surface area contributed by atoms with Gasteiger partial charge in [-0.2, -0.15) is 0 Å². The average molecular weight is 254 g/mol. The molecule has 3 nitrogen and oxygen atoms in total. The minimum atomic E-state index is 0.0760. The molecule has 0 saturated carbocycles. The molecule has 0 amide bonds. The number of ketones is 1. The van der Waals surface area contributed by atoms with Crippen molar-refractivity contribution in [3.05, 3.63) is 65.2 Å². The largest absolute Gasteiger partial charge is 0.399 e. The lowest BCUT2D eigenvalue weighted by molar-refractivity contribution is 0.0991. The van der Waals surface area contributed by atoms with Crippen LogP contribution in [0.25, 0.3) is 0 Å². The van der Waals surface area contributed by atoms with Gasteiger partial charge >= 0.3 is 0 Å². The Bertz CT molecular complexity index is 544. The van der Waals surface area contributed by atoms with E-state index < -0.39 is 0 Å². The van der Waals surface area contributed by atoms with Crippen LogP contribution in [0.2, 0.25) is 0 Å². The molecule has 0 aromatic heterocycles. The molecule has 0 aliphatic heterocycles. The molecule has 0 heterocycles. The number of rotatable bonds is 5. The Morgan fingerprint density at radius 3 is 2.32 bits per heavy atom. The molecule has 0 saturated heterocycles. The van der Waals surface area contributed by atoms with Crippen LogP contribution in [0, 0.1) is 6.92 Å². The lowest BCUT2D eigenvalue weighted by Crippen LogP contribution is -2.22. The molecule has 2 aromatic carbocycles. The number of hydrogen-bond donors (Lipinski definition) is 2. The van der Waals surface area contributed by atoms with Crippen LogP contribution in [0.3, 0.4) is 0 Å². The van der Waals surface area contributed by atoms with Crippen molar-refractivity contribution in [2.24, 2.45) is 0 Å². The summed E-state index contributed by atoms with van der Waals surface area (Å²) in [4.78, 5) is 11.9. The summed E-state index contributed by atoms with van der Waals surface area (Å²) >= 11 is 0. The van der Waals surface area contributed by atoms with Crippen molar-refractivity contribution >= 4 is 11.5 Å². The highest BCUT2D eigenvalue weighted by Gasteiger charge is 2.04. The third kappa shape index (κ3) is 3.93. The molecule has 2 aromatic rings. The summed E-state index contributed by atoms with van der Waals surface area (Å²) in [7, 11) is 0. The van der Waals surface area contributed by atoms with Gasteiger partial charge in [-0.05, 0) is 36.8 Å². The van der Waals surface area contributed by atoms with E-state index in [0.29, 0.717) is 24.3 Å². The molecule has 0 spiro atoms. The van der Waals surface area contributed by atoms with Gasteiger partial charge in [0.15, 0.2) is 5.78 Å². The summed E-state index contributed by atoms with van der Waals surface area (Å²) in [6, 6.07) is 15.3. The van der Waals surface area contributed by atoms with Crippen molar-refractivity contribution in [3.8, 4) is 0 Å². The summed E-state index contributed by atoms with van der Waals surface area (Å²) in [5, 5.41) is 3.15. The number of carbonyl (C=O) groups is 1. The summed E-state index contributed by atoms with van der Waals surface area (Å²) in [5.41, 5.74) is 9.36. The zero-order valence-corrected chi connectivity index (χ0v) is 11.0. The molecule has 0 unspecified atom stereocenters. The normalized spacial score (nSPS) is 10.4. The number of anilines is 1. The van der Waals surface area contributed by atoms with Gasteiger partial charge in [0, 0.05) is 17.8 Å². The van der Waals surface area contributed by atoms with Crippen LogP contribution >= 0.6 is 0 Å². The van der Waals surface area contributed by atoms with Gasteiger partial charge in [0.25, 0.3) is 0 Å². The molecule has 0 atom stereocenters. The second-order valence-electron chi connectivity index (χ2n) is 4.63. The van der Waals surface area contributed by atoms with Gasteiger partial charge in [-0.3, -0.25) is 4.79 Å². The predicted octanol–water partition coefficient (Wildman–Crippen LogP) is 2.55. The molecule has 0 bridgehead atoms. The zero-order valence-electron chi connectivity index (χ0n) is 11.0. The smallest absolute Gasteiger partial charge is 0.176 e. The number of nitrogens with one attached hydrogen (secondary N) is 1. The molecule has 19 heavy (non-hydrogen) atoms. The van der Waals surface area contributed by atoms with Crippen LogP contribution in [-0.2, 0) is 6.54 Å². The summed E-state index contributed by atoms with van der Waals surface area (Å²) in [6.45, 7) is 3.08. The molecule has 98 valence electrons. The number of hydrogen-bond acceptors (Lipinski definition) is 3. The SMILES string of the molecule is Cc1ccc(CNCC(=O)c2ccc(N)cc2)cc1. The van der Waals surface area contributed by atoms with Crippen LogP contribution in [0.15, 0.2) is 48.5 Å². The van der Waals surface area contributed by atoms with E-state index in [2.05, 4.69) is 36.5 Å². The Balaban J connectivity index is 1.84. The standard InChI is InChI=1S/C16H18N2O/c1-12-2-4-13(5-3-12)10-18-11-16(19)14-6-8-15(17)9-7-14/h2-9,18H,10-11,17H2,1H3. The first-order valence-electron chi connectivity index (χ1n) is 6.30. The number of aryl methyl sites for hydroxylation is 1. The number of carbonyl (C=O) groups excluding carboxylic acids is 1. The molecular formula is C16H18N2O. The molecule has 0 radical (unpaired) electrons. The maximum absolute atomic E-state index is 11.9. The van der Waals surface area contributed by atoms with Gasteiger partial charge in [-0.15, -0.1) is 0 Å². The molecule has 3 N–H and O–H groups in total. The minimum Gasteiger partial charge on any atom is -0.399 e. The van der Waals surface area contributed by atoms with Crippen LogP contribution in [0.4, 0.5) is 5.69 Å². The Hall–Kier alpha value is -2.13. The van der Waals surface area contributed by atoms with Crippen molar-refractivity contribution in [2.75, 3.05) is 12.3 Å². The maximum Gasteiger partial charge on any atom is 0.176 e. The Morgan fingerprint density at radius 2 is 1.68 bits per heavy atom. The maximum atomic E-state index is 11.9. The summed E-state index contributed by atoms with van der Waals surface area (Å²) in [5.74, 6) is 0.0760. The van der Waals surface area contributed by atoms with E-state index in [9.17, 15) is 4.79 Å². The number of Topliss-reactive ketones (excluding diaryl/α,β-unsaturated/α-hetero) is 1. The van der Waals surface area contributed by atoms with Crippen molar-refractivity contribution in [3.63, 3.8) is 0 Å². The first-order valence-corrected chi connectivity index (χ1v) is 6.30. The lowest BCUT2D eigenvalue weighted by Gasteiger charge is -2.05. The number of benzene rings is 2. The highest BCUT2D eigenvalue weighted by molar-refractivity contribution is 5.97. The van der Waals surface area contributed by atoms with Crippen molar-refractivity contribution in [1.82, 2.24) is 5.32 Å². The van der Waals surface area contributed by atoms with Crippen LogP contribution in [-0.4, -0.2) is 12.3 Å². The fourth-order valence-corrected chi connectivity index (χ4v) is 1.80. The third-order valence-corrected chi connectivity index (χ3v) is 2.97. The van der Waals surface area contributed by atoms with E-state index in [1.165, 1.54) is 11.1 Å². The van der Waals surface area contributed by atoms with E-state index in [1.807, 2.05) is 0 Å². The predicted molar refractivity (Wildman–Crippen MR) is 78.1 cm³/mol. The van der Waals surface area contributed by atoms with Crippen molar-refractivity contribution in [2.45, 2.75) is 13.5 Å². The first-order chi connectivity index (χ1) is 9.15. The monoisotopic (exact) mass is 254 g/mol. The fourth-order valence-electron chi connectivity index (χ4n) is 1.80. The molecule has 0 aliphatic rings. The molecule has 2 rings (SSSR count). The Labute approximate surface area is 113 Å². The molecular weight excluding hydrogens is 236 g/mol. The van der Waals surface area contributed by atoms with Gasteiger partial charge in [0.1, 0.15) is 0 Å². The first kappa shape index (κ1) is 13.3. The highest BCUT2D eigenvalue weighted by atomic mass is 16.1. The molecule has 3 heteroatoms. The van der Waals surface area contributed by atoms with Crippen LogP contribution < -0.4 is 11.1 Å². The second-order valence-corrected chi connectivity index (χ2v) is 4.63. The van der Waals surface area contributed by atoms with Gasteiger partial charge in [-0.25, -0.2) is 0 Å². The van der Waals surface area contributed by atoms with Gasteiger partial charge in [0.05, 0.1) is 6.54 Å². The van der Waals surface area contributed by atoms with Crippen molar-refractivity contribution < 1.29 is 4.79 Å². The highest BCUT2D eigenvalue weighted by Crippen LogP contribution is 2.06. The minimum absolute atomic E-state index is 0.0760. The van der Waals surface area contributed by atoms with Crippen LogP contribution in [0.5, 0.6) is 0 Å². The van der Waals surface area contributed by atoms with Crippen molar-refractivity contribution in [1.29, 1.82) is 0 Å². The topological polar surface area (TPSA) is 55.1 Å². The quantitative estimate of drug-likeness (QED) is 0.637. The molecule has 0 aliphatic carbocycles. The number of nitrogens with two attached hydrogens (primary N) is 1. The van der Waals surface area contributed by atoms with Gasteiger partial charge in [0.2, 0.25) is 0 Å². The molecule has 0 fully saturated rings. The number of nitrogen functional groups attached to an aromatic ring is 1. The Kier molecular flexibility index (Phi) is 4.31. The third-order valence-electron chi connectivity index (χ3n) is 2.97. The van der Waals surface area contributed by atoms with E-state index in [-0.39, 0.29) is 5.78 Å². The van der Waals surface area contributed by atoms with E-state index in [1.54, 1.807) is 24.3 Å². The van der Waals surface area contributed by atoms with Gasteiger partial charge in [-0.1, -0.05) is 29.8 Å². The average Bonchev–Trinajstić information content (AvgIpc) is 2.41. The lowest BCUT2D eigenvalue weighted by atomic mass is 10.1. The summed E-state index contributed by atoms with van der Waals surface area (Å²) in [6.07, 6.45) is 0. The van der Waals surface area contributed by atoms with E-state index >= 15 is 0 Å². The zero-order chi connectivity index (χ0) is 13.7. The second kappa shape index (κ2) is 6.16.